The van der Waals surface area contributed by atoms with Crippen LogP contribution in [0.1, 0.15) is 22.3 Å². The first kappa shape index (κ1) is 17.9. The Kier molecular flexibility index (Phi) is 4.67. The average molecular weight is 387 g/mol. The summed E-state index contributed by atoms with van der Waals surface area (Å²) in [6.07, 6.45) is 1.70. The number of hydrogen-bond acceptors (Lipinski definition) is 6. The van der Waals surface area contributed by atoms with Crippen LogP contribution >= 0.6 is 12.6 Å². The van der Waals surface area contributed by atoms with E-state index in [9.17, 15) is 0 Å². The second kappa shape index (κ2) is 7.29. The second-order valence-corrected chi connectivity index (χ2v) is 6.94. The molecule has 0 saturated heterocycles. The summed E-state index contributed by atoms with van der Waals surface area (Å²) in [5, 5.41) is 26.7. The molecule has 0 bridgehead atoms. The smallest absolute Gasteiger partial charge is 0.209 e. The predicted molar refractivity (Wildman–Crippen MR) is 107 cm³/mol. The lowest BCUT2D eigenvalue weighted by Crippen LogP contribution is -2.04. The molecule has 0 amide bonds. The van der Waals surface area contributed by atoms with Crippen molar-refractivity contribution in [2.45, 2.75) is 25.4 Å². The van der Waals surface area contributed by atoms with Gasteiger partial charge in [0.05, 0.1) is 35.6 Å². The minimum absolute atomic E-state index is 0.464. The van der Waals surface area contributed by atoms with Crippen molar-refractivity contribution in [1.29, 1.82) is 5.26 Å². The summed E-state index contributed by atoms with van der Waals surface area (Å²) in [7, 11) is 0. The molecule has 0 N–H and O–H groups in total. The Morgan fingerprint density at radius 1 is 1.07 bits per heavy atom. The van der Waals surface area contributed by atoms with Gasteiger partial charge in [0.25, 0.3) is 0 Å². The van der Waals surface area contributed by atoms with Crippen LogP contribution < -0.4 is 0 Å². The van der Waals surface area contributed by atoms with E-state index in [0.29, 0.717) is 28.5 Å². The number of nitrogens with zero attached hydrogens (tertiary/aromatic N) is 7. The second-order valence-electron chi connectivity index (χ2n) is 6.51. The largest absolute Gasteiger partial charge is 0.227 e. The molecular weight excluding hydrogens is 370 g/mol. The van der Waals surface area contributed by atoms with Crippen LogP contribution in [0.3, 0.4) is 0 Å². The van der Waals surface area contributed by atoms with Gasteiger partial charge in [-0.15, -0.1) is 22.8 Å². The number of thiol groups is 1. The highest BCUT2D eigenvalue weighted by molar-refractivity contribution is 7.80. The lowest BCUT2D eigenvalue weighted by Gasteiger charge is -2.07. The van der Waals surface area contributed by atoms with Gasteiger partial charge in [-0.25, -0.2) is 4.68 Å². The fourth-order valence-electron chi connectivity index (χ4n) is 2.81. The normalized spacial score (nSPS) is 10.8. The number of rotatable bonds is 4. The summed E-state index contributed by atoms with van der Waals surface area (Å²) >= 11 is 4.63. The van der Waals surface area contributed by atoms with E-state index >= 15 is 0 Å². The molecule has 8 heteroatoms. The van der Waals surface area contributed by atoms with Crippen molar-refractivity contribution >= 4 is 12.6 Å². The molecule has 7 nitrogen and oxygen atoms in total. The van der Waals surface area contributed by atoms with Gasteiger partial charge in [0.2, 0.25) is 5.82 Å². The Labute approximate surface area is 167 Å². The third kappa shape index (κ3) is 3.40. The van der Waals surface area contributed by atoms with Gasteiger partial charge in [-0.2, -0.15) is 15.2 Å². The highest BCUT2D eigenvalue weighted by Gasteiger charge is 2.16. The third-order valence-corrected chi connectivity index (χ3v) is 5.01. The summed E-state index contributed by atoms with van der Waals surface area (Å²) in [5.41, 5.74) is 5.67. The van der Waals surface area contributed by atoms with Crippen LogP contribution in [0.4, 0.5) is 0 Å². The standard InChI is InChI=1S/C20H17N7S/c1-13-3-8-17(9-14(13)2)27-20(28)18(11-22-27)19-23-25-26(24-19)12-16-6-4-15(10-21)5-7-16/h3-9,11,28H,12H2,1-2H3. The molecule has 0 fully saturated rings. The maximum Gasteiger partial charge on any atom is 0.209 e. The van der Waals surface area contributed by atoms with Gasteiger partial charge in [-0.1, -0.05) is 18.2 Å². The average Bonchev–Trinajstić information content (AvgIpc) is 3.31. The zero-order valence-corrected chi connectivity index (χ0v) is 16.3. The van der Waals surface area contributed by atoms with Crippen molar-refractivity contribution in [1.82, 2.24) is 30.0 Å². The van der Waals surface area contributed by atoms with E-state index in [2.05, 4.69) is 65.2 Å². The van der Waals surface area contributed by atoms with Crippen LogP contribution in [0.5, 0.6) is 0 Å². The first-order chi connectivity index (χ1) is 13.5. The minimum Gasteiger partial charge on any atom is -0.227 e. The van der Waals surface area contributed by atoms with Crippen LogP contribution in [0, 0.1) is 25.2 Å². The van der Waals surface area contributed by atoms with Crippen LogP contribution in [0.25, 0.3) is 17.1 Å². The number of aryl methyl sites for hydroxylation is 2. The molecule has 0 aliphatic heterocycles. The van der Waals surface area contributed by atoms with Gasteiger partial charge >= 0.3 is 0 Å². The van der Waals surface area contributed by atoms with Gasteiger partial charge in [0, 0.05) is 0 Å². The minimum atomic E-state index is 0.464. The van der Waals surface area contributed by atoms with E-state index in [1.54, 1.807) is 23.0 Å². The maximum absolute atomic E-state index is 8.88. The molecule has 2 heterocycles. The van der Waals surface area contributed by atoms with Crippen LogP contribution in [-0.2, 0) is 6.54 Å². The van der Waals surface area contributed by atoms with E-state index in [1.807, 2.05) is 18.2 Å². The Morgan fingerprint density at radius 2 is 1.86 bits per heavy atom. The van der Waals surface area contributed by atoms with Crippen molar-refractivity contribution in [2.24, 2.45) is 0 Å². The van der Waals surface area contributed by atoms with Crippen molar-refractivity contribution in [3.05, 3.63) is 70.9 Å². The van der Waals surface area contributed by atoms with Crippen LogP contribution in [0.2, 0.25) is 0 Å². The number of tetrazole rings is 1. The van der Waals surface area contributed by atoms with Crippen molar-refractivity contribution in [2.75, 3.05) is 0 Å². The monoisotopic (exact) mass is 387 g/mol. The number of hydrogen-bond donors (Lipinski definition) is 1. The van der Waals surface area contributed by atoms with Crippen LogP contribution in [0.15, 0.2) is 53.7 Å². The topological polar surface area (TPSA) is 85.2 Å². The Hall–Kier alpha value is -3.44. The van der Waals surface area contributed by atoms with E-state index in [4.69, 9.17) is 5.26 Å². The number of aromatic nitrogens is 6. The molecular formula is C20H17N7S. The highest BCUT2D eigenvalue weighted by atomic mass is 32.1. The fraction of sp³-hybridized carbons (Fsp3) is 0.150. The molecule has 0 aliphatic rings. The first-order valence-corrected chi connectivity index (χ1v) is 9.11. The van der Waals surface area contributed by atoms with Crippen molar-refractivity contribution in [3.8, 4) is 23.1 Å². The fourth-order valence-corrected chi connectivity index (χ4v) is 3.14. The van der Waals surface area contributed by atoms with E-state index in [1.165, 1.54) is 15.9 Å². The zero-order chi connectivity index (χ0) is 19.7. The maximum atomic E-state index is 8.88. The molecule has 0 unspecified atom stereocenters. The number of nitriles is 1. The molecule has 0 radical (unpaired) electrons. The molecule has 2 aromatic heterocycles. The van der Waals surface area contributed by atoms with Gasteiger partial charge in [0.15, 0.2) is 0 Å². The van der Waals surface area contributed by atoms with E-state index < -0.39 is 0 Å². The Morgan fingerprint density at radius 3 is 2.57 bits per heavy atom. The third-order valence-electron chi connectivity index (χ3n) is 4.58. The summed E-state index contributed by atoms with van der Waals surface area (Å²) in [5.74, 6) is 0.466. The quantitative estimate of drug-likeness (QED) is 0.543. The summed E-state index contributed by atoms with van der Waals surface area (Å²) in [6.45, 7) is 4.61. The molecule has 2 aromatic carbocycles. The lowest BCUT2D eigenvalue weighted by atomic mass is 10.1. The van der Waals surface area contributed by atoms with E-state index in [0.717, 1.165) is 11.3 Å². The molecule has 0 saturated carbocycles. The summed E-state index contributed by atoms with van der Waals surface area (Å²) < 4.78 is 1.76. The van der Waals surface area contributed by atoms with Gasteiger partial charge in [-0.05, 0) is 60.0 Å². The Balaban J connectivity index is 1.59. The summed E-state index contributed by atoms with van der Waals surface area (Å²) in [4.78, 5) is 1.51. The predicted octanol–water partition coefficient (Wildman–Crippen LogP) is 3.35. The van der Waals surface area contributed by atoms with Crippen LogP contribution in [-0.4, -0.2) is 30.0 Å². The zero-order valence-electron chi connectivity index (χ0n) is 15.4. The first-order valence-electron chi connectivity index (χ1n) is 8.67. The molecule has 28 heavy (non-hydrogen) atoms. The highest BCUT2D eigenvalue weighted by Crippen LogP contribution is 2.26. The van der Waals surface area contributed by atoms with Gasteiger partial charge < -0.3 is 0 Å². The van der Waals surface area contributed by atoms with Crippen molar-refractivity contribution < 1.29 is 0 Å². The molecule has 0 atom stereocenters. The molecule has 4 rings (SSSR count). The molecule has 138 valence electrons. The van der Waals surface area contributed by atoms with E-state index in [-0.39, 0.29) is 0 Å². The number of benzene rings is 2. The van der Waals surface area contributed by atoms with Gasteiger partial charge in [-0.3, -0.25) is 0 Å². The molecule has 0 spiro atoms. The Bertz CT molecular complexity index is 1180. The molecule has 0 aliphatic carbocycles. The lowest BCUT2D eigenvalue weighted by molar-refractivity contribution is 0.573. The summed E-state index contributed by atoms with van der Waals surface area (Å²) in [6, 6.07) is 15.5. The SMILES string of the molecule is Cc1ccc(-n2ncc(-c3nnn(Cc4ccc(C#N)cc4)n3)c2S)cc1C. The van der Waals surface area contributed by atoms with Crippen molar-refractivity contribution in [3.63, 3.8) is 0 Å². The molecule has 4 aromatic rings. The van der Waals surface area contributed by atoms with Gasteiger partial charge in [0.1, 0.15) is 5.03 Å².